The van der Waals surface area contributed by atoms with E-state index in [2.05, 4.69) is 4.72 Å². The van der Waals surface area contributed by atoms with Gasteiger partial charge in [0.1, 0.15) is 10.6 Å². The summed E-state index contributed by atoms with van der Waals surface area (Å²) in [7, 11) is -2.21. The lowest BCUT2D eigenvalue weighted by molar-refractivity contribution is -0.0483. The van der Waals surface area contributed by atoms with E-state index in [1.54, 1.807) is 12.1 Å². The molecule has 1 spiro atoms. The molecule has 2 aliphatic rings. The average Bonchev–Trinajstić information content (AvgIpc) is 2.52. The Morgan fingerprint density at radius 2 is 2.05 bits per heavy atom. The van der Waals surface area contributed by atoms with Crippen molar-refractivity contribution < 1.29 is 17.9 Å². The third kappa shape index (κ3) is 2.85. The van der Waals surface area contributed by atoms with E-state index in [1.165, 1.54) is 13.2 Å². The van der Waals surface area contributed by atoms with Gasteiger partial charge in [-0.15, -0.1) is 0 Å². The van der Waals surface area contributed by atoms with Gasteiger partial charge in [0.2, 0.25) is 10.0 Å². The fraction of sp³-hybridized carbons (Fsp3) is 0.600. The Balaban J connectivity index is 1.84. The second-order valence-corrected chi connectivity index (χ2v) is 8.10. The Labute approximate surface area is 136 Å². The van der Waals surface area contributed by atoms with E-state index in [4.69, 9.17) is 21.1 Å². The van der Waals surface area contributed by atoms with Crippen molar-refractivity contribution in [2.24, 2.45) is 5.41 Å². The van der Waals surface area contributed by atoms with Crippen molar-refractivity contribution in [1.29, 1.82) is 0 Å². The van der Waals surface area contributed by atoms with E-state index >= 15 is 0 Å². The first kappa shape index (κ1) is 16.1. The fourth-order valence-electron chi connectivity index (χ4n) is 3.37. The number of halogens is 1. The van der Waals surface area contributed by atoms with Crippen LogP contribution in [-0.4, -0.2) is 34.8 Å². The minimum absolute atomic E-state index is 0.0370. The van der Waals surface area contributed by atoms with E-state index in [1.807, 2.05) is 0 Å². The van der Waals surface area contributed by atoms with E-state index in [0.29, 0.717) is 24.0 Å². The molecule has 1 saturated heterocycles. The minimum Gasteiger partial charge on any atom is -0.495 e. The Hall–Kier alpha value is -0.820. The predicted octanol–water partition coefficient (Wildman–Crippen LogP) is 2.59. The average molecular weight is 346 g/mol. The summed E-state index contributed by atoms with van der Waals surface area (Å²) in [6, 6.07) is 4.58. The molecule has 0 radical (unpaired) electrons. The van der Waals surface area contributed by atoms with Gasteiger partial charge in [-0.05, 0) is 49.3 Å². The molecule has 1 atom stereocenters. The SMILES string of the molecule is COc1ccc(Cl)cc1S(=O)(=O)NC1CCC12CCOCC2. The lowest BCUT2D eigenvalue weighted by atomic mass is 9.60. The minimum atomic E-state index is -3.66. The number of benzene rings is 1. The van der Waals surface area contributed by atoms with Gasteiger partial charge in [-0.3, -0.25) is 0 Å². The highest BCUT2D eigenvalue weighted by Crippen LogP contribution is 2.49. The predicted molar refractivity (Wildman–Crippen MR) is 83.8 cm³/mol. The molecule has 1 heterocycles. The normalized spacial score (nSPS) is 24.0. The maximum atomic E-state index is 12.7. The zero-order valence-corrected chi connectivity index (χ0v) is 14.0. The molecular weight excluding hydrogens is 326 g/mol. The van der Waals surface area contributed by atoms with Crippen molar-refractivity contribution in [3.63, 3.8) is 0 Å². The molecule has 1 unspecified atom stereocenters. The van der Waals surface area contributed by atoms with Gasteiger partial charge in [-0.2, -0.15) is 0 Å². The third-order valence-corrected chi connectivity index (χ3v) is 6.60. The van der Waals surface area contributed by atoms with Crippen LogP contribution in [0.15, 0.2) is 23.1 Å². The molecule has 1 aliphatic heterocycles. The molecule has 5 nitrogen and oxygen atoms in total. The highest BCUT2D eigenvalue weighted by atomic mass is 35.5. The van der Waals surface area contributed by atoms with Crippen LogP contribution >= 0.6 is 11.6 Å². The quantitative estimate of drug-likeness (QED) is 0.911. The van der Waals surface area contributed by atoms with Gasteiger partial charge in [0.05, 0.1) is 7.11 Å². The van der Waals surface area contributed by atoms with Crippen LogP contribution in [0.3, 0.4) is 0 Å². The summed E-state index contributed by atoms with van der Waals surface area (Å²) in [6.45, 7) is 1.41. The van der Waals surface area contributed by atoms with Crippen molar-refractivity contribution in [3.05, 3.63) is 23.2 Å². The van der Waals surface area contributed by atoms with Crippen LogP contribution in [0.5, 0.6) is 5.75 Å². The molecule has 0 bridgehead atoms. The van der Waals surface area contributed by atoms with Gasteiger partial charge >= 0.3 is 0 Å². The number of ether oxygens (including phenoxy) is 2. The van der Waals surface area contributed by atoms with E-state index in [-0.39, 0.29) is 16.4 Å². The fourth-order valence-corrected chi connectivity index (χ4v) is 5.17. The number of hydrogen-bond acceptors (Lipinski definition) is 4. The van der Waals surface area contributed by atoms with E-state index in [9.17, 15) is 8.42 Å². The van der Waals surface area contributed by atoms with Crippen molar-refractivity contribution in [2.75, 3.05) is 20.3 Å². The molecule has 22 heavy (non-hydrogen) atoms. The van der Waals surface area contributed by atoms with Crippen LogP contribution in [-0.2, 0) is 14.8 Å². The molecule has 3 rings (SSSR count). The summed E-state index contributed by atoms with van der Waals surface area (Å²) < 4.78 is 38.8. The van der Waals surface area contributed by atoms with Crippen LogP contribution in [0.25, 0.3) is 0 Å². The summed E-state index contributed by atoms with van der Waals surface area (Å²) in [5.74, 6) is 0.303. The standard InChI is InChI=1S/C15H20ClNO4S/c1-20-12-3-2-11(16)10-13(12)22(18,19)17-14-4-5-15(14)6-8-21-9-7-15/h2-3,10,14,17H,4-9H2,1H3. The second-order valence-electron chi connectivity index (χ2n) is 5.98. The zero-order valence-electron chi connectivity index (χ0n) is 12.5. The number of hydrogen-bond donors (Lipinski definition) is 1. The molecule has 1 aliphatic carbocycles. The Bertz CT molecular complexity index is 656. The first-order valence-corrected chi connectivity index (χ1v) is 9.27. The van der Waals surface area contributed by atoms with Gasteiger partial charge in [0.15, 0.2) is 0 Å². The topological polar surface area (TPSA) is 64.6 Å². The number of rotatable bonds is 4. The Morgan fingerprint density at radius 1 is 1.32 bits per heavy atom. The van der Waals surface area contributed by atoms with Crippen LogP contribution < -0.4 is 9.46 Å². The summed E-state index contributed by atoms with van der Waals surface area (Å²) in [5, 5.41) is 0.371. The largest absolute Gasteiger partial charge is 0.495 e. The molecule has 122 valence electrons. The van der Waals surface area contributed by atoms with Crippen molar-refractivity contribution in [3.8, 4) is 5.75 Å². The van der Waals surface area contributed by atoms with Crippen LogP contribution in [0.4, 0.5) is 0 Å². The molecule has 0 amide bonds. The lowest BCUT2D eigenvalue weighted by Crippen LogP contribution is -2.57. The zero-order chi connectivity index (χ0) is 15.8. The highest BCUT2D eigenvalue weighted by Gasteiger charge is 2.49. The lowest BCUT2D eigenvalue weighted by Gasteiger charge is -2.51. The van der Waals surface area contributed by atoms with Crippen LogP contribution in [0, 0.1) is 5.41 Å². The first-order valence-electron chi connectivity index (χ1n) is 7.40. The molecule has 0 aromatic heterocycles. The van der Waals surface area contributed by atoms with E-state index in [0.717, 1.165) is 25.7 Å². The van der Waals surface area contributed by atoms with Crippen LogP contribution in [0.1, 0.15) is 25.7 Å². The van der Waals surface area contributed by atoms with Crippen molar-refractivity contribution in [2.45, 2.75) is 36.6 Å². The molecule has 7 heteroatoms. The van der Waals surface area contributed by atoms with Crippen LogP contribution in [0.2, 0.25) is 5.02 Å². The van der Waals surface area contributed by atoms with Gasteiger partial charge in [0.25, 0.3) is 0 Å². The number of nitrogens with one attached hydrogen (secondary N) is 1. The molecule has 1 aromatic rings. The molecule has 1 N–H and O–H groups in total. The summed E-state index contributed by atoms with van der Waals surface area (Å²) in [4.78, 5) is 0.0941. The second kappa shape index (κ2) is 6.00. The molecule has 1 aromatic carbocycles. The summed E-state index contributed by atoms with van der Waals surface area (Å²) >= 11 is 5.94. The molecule has 1 saturated carbocycles. The number of sulfonamides is 1. The Morgan fingerprint density at radius 3 is 2.64 bits per heavy atom. The molecular formula is C15H20ClNO4S. The number of methoxy groups -OCH3 is 1. The molecule has 2 fully saturated rings. The van der Waals surface area contributed by atoms with Gasteiger partial charge in [0, 0.05) is 24.3 Å². The van der Waals surface area contributed by atoms with Crippen molar-refractivity contribution in [1.82, 2.24) is 4.72 Å². The van der Waals surface area contributed by atoms with Crippen molar-refractivity contribution >= 4 is 21.6 Å². The smallest absolute Gasteiger partial charge is 0.244 e. The first-order chi connectivity index (χ1) is 10.5. The van der Waals surface area contributed by atoms with Gasteiger partial charge in [-0.1, -0.05) is 11.6 Å². The third-order valence-electron chi connectivity index (χ3n) is 4.87. The van der Waals surface area contributed by atoms with Gasteiger partial charge in [-0.25, -0.2) is 13.1 Å². The maximum absolute atomic E-state index is 12.7. The van der Waals surface area contributed by atoms with Gasteiger partial charge < -0.3 is 9.47 Å². The van der Waals surface area contributed by atoms with E-state index < -0.39 is 10.0 Å². The summed E-state index contributed by atoms with van der Waals surface area (Å²) in [5.41, 5.74) is 0.0527. The maximum Gasteiger partial charge on any atom is 0.244 e. The monoisotopic (exact) mass is 345 g/mol. The summed E-state index contributed by atoms with van der Waals surface area (Å²) in [6.07, 6.45) is 3.73. The Kier molecular flexibility index (Phi) is 4.38. The highest BCUT2D eigenvalue weighted by molar-refractivity contribution is 7.89.